The molecule has 2 amide bonds. The van der Waals surface area contributed by atoms with Crippen LogP contribution < -0.4 is 0 Å². The van der Waals surface area contributed by atoms with Crippen molar-refractivity contribution < 1.29 is 29.0 Å². The second-order valence-corrected chi connectivity index (χ2v) is 10.8. The van der Waals surface area contributed by atoms with Crippen LogP contribution in [0.5, 0.6) is 0 Å². The predicted molar refractivity (Wildman–Crippen MR) is 142 cm³/mol. The van der Waals surface area contributed by atoms with E-state index in [1.165, 1.54) is 0 Å². The summed E-state index contributed by atoms with van der Waals surface area (Å²) in [5.41, 5.74) is -1.85. The molecule has 3 aliphatic heterocycles. The van der Waals surface area contributed by atoms with E-state index >= 15 is 0 Å². The Morgan fingerprint density at radius 2 is 2.00 bits per heavy atom. The SMILES string of the molecule is C=CCCOC(=O)[C@H]1[C@H]2C(=O)N(CCCCCO)C(C(=O)N(CC=C)C(C)CCC)C23CC[C@]1(CC)O3. The van der Waals surface area contributed by atoms with E-state index in [1.54, 1.807) is 17.1 Å². The molecule has 2 bridgehead atoms. The minimum Gasteiger partial charge on any atom is -0.465 e. The fraction of sp³-hybridized carbons (Fsp3) is 0.759. The molecular formula is C29H46N2O6. The quantitative estimate of drug-likeness (QED) is 0.190. The van der Waals surface area contributed by atoms with Crippen molar-refractivity contribution in [3.05, 3.63) is 25.3 Å². The minimum absolute atomic E-state index is 0.0179. The number of aliphatic hydroxyl groups is 1. The number of likely N-dealkylation sites (tertiary alicyclic amines) is 1. The van der Waals surface area contributed by atoms with Crippen LogP contribution in [0, 0.1) is 11.8 Å². The van der Waals surface area contributed by atoms with E-state index in [2.05, 4.69) is 20.1 Å². The molecular weight excluding hydrogens is 472 g/mol. The number of unbranched alkanes of at least 4 members (excludes halogenated alkanes) is 2. The lowest BCUT2D eigenvalue weighted by molar-refractivity contribution is -0.162. The van der Waals surface area contributed by atoms with Crippen molar-refractivity contribution in [2.24, 2.45) is 11.8 Å². The lowest BCUT2D eigenvalue weighted by atomic mass is 9.65. The highest BCUT2D eigenvalue weighted by molar-refractivity contribution is 5.98. The highest BCUT2D eigenvalue weighted by atomic mass is 16.6. The predicted octanol–water partition coefficient (Wildman–Crippen LogP) is 3.63. The van der Waals surface area contributed by atoms with Crippen LogP contribution in [0.1, 0.15) is 78.6 Å². The molecule has 3 heterocycles. The van der Waals surface area contributed by atoms with Gasteiger partial charge in [-0.15, -0.1) is 13.2 Å². The van der Waals surface area contributed by atoms with E-state index in [4.69, 9.17) is 9.47 Å². The Morgan fingerprint density at radius 3 is 2.62 bits per heavy atom. The Hall–Kier alpha value is -2.19. The smallest absolute Gasteiger partial charge is 0.312 e. The van der Waals surface area contributed by atoms with Crippen LogP contribution in [0.15, 0.2) is 25.3 Å². The number of aliphatic hydroxyl groups excluding tert-OH is 1. The second-order valence-electron chi connectivity index (χ2n) is 10.8. The Balaban J connectivity index is 2.02. The number of amides is 2. The average Bonchev–Trinajstić information content (AvgIpc) is 3.48. The molecule has 6 atom stereocenters. The first-order chi connectivity index (χ1) is 17.8. The molecule has 0 saturated carbocycles. The van der Waals surface area contributed by atoms with E-state index < -0.39 is 35.0 Å². The number of esters is 1. The summed E-state index contributed by atoms with van der Waals surface area (Å²) in [4.78, 5) is 45.4. The standard InChI is InChI=1S/C29H46N2O6/c1-6-10-20-36-27(35)23-22-25(33)31(18-12-11-13-19-32)24(29(22)16-15-28(23,9-4)37-29)26(34)30(17-8-3)21(5)14-7-2/h6,8,21-24,32H,1,3,7,9-20H2,2,4-5H3/t21?,22-,23+,24?,28-,29?/m0/s1. The Labute approximate surface area is 222 Å². The van der Waals surface area contributed by atoms with Gasteiger partial charge in [-0.1, -0.05) is 32.4 Å². The average molecular weight is 519 g/mol. The number of fused-ring (bicyclic) bond motifs is 1. The minimum atomic E-state index is -1.05. The van der Waals surface area contributed by atoms with Gasteiger partial charge in [0.1, 0.15) is 17.6 Å². The van der Waals surface area contributed by atoms with E-state index in [0.29, 0.717) is 51.6 Å². The largest absolute Gasteiger partial charge is 0.465 e. The van der Waals surface area contributed by atoms with Crippen molar-refractivity contribution in [3.63, 3.8) is 0 Å². The molecule has 3 rings (SSSR count). The normalized spacial score (nSPS) is 30.8. The third-order valence-electron chi connectivity index (χ3n) is 8.64. The Kier molecular flexibility index (Phi) is 9.98. The zero-order valence-electron chi connectivity index (χ0n) is 23.0. The molecule has 3 fully saturated rings. The monoisotopic (exact) mass is 518 g/mol. The molecule has 208 valence electrons. The number of carbonyl (C=O) groups excluding carboxylic acids is 3. The van der Waals surface area contributed by atoms with Gasteiger partial charge in [0, 0.05) is 25.7 Å². The van der Waals surface area contributed by atoms with Crippen molar-refractivity contribution in [3.8, 4) is 0 Å². The van der Waals surface area contributed by atoms with Gasteiger partial charge in [-0.2, -0.15) is 0 Å². The van der Waals surface area contributed by atoms with Crippen molar-refractivity contribution >= 4 is 17.8 Å². The van der Waals surface area contributed by atoms with Crippen LogP contribution in [0.4, 0.5) is 0 Å². The maximum Gasteiger partial charge on any atom is 0.312 e. The number of nitrogens with zero attached hydrogens (tertiary/aromatic N) is 2. The van der Waals surface area contributed by atoms with Crippen LogP contribution in [0.2, 0.25) is 0 Å². The van der Waals surface area contributed by atoms with Gasteiger partial charge in [-0.3, -0.25) is 14.4 Å². The number of hydrogen-bond acceptors (Lipinski definition) is 6. The molecule has 0 aliphatic carbocycles. The third-order valence-corrected chi connectivity index (χ3v) is 8.64. The maximum absolute atomic E-state index is 14.3. The first kappa shape index (κ1) is 29.4. The number of carbonyl (C=O) groups is 3. The lowest BCUT2D eigenvalue weighted by Crippen LogP contribution is -2.58. The first-order valence-electron chi connectivity index (χ1n) is 14.1. The maximum atomic E-state index is 14.3. The van der Waals surface area contributed by atoms with Gasteiger partial charge in [0.15, 0.2) is 0 Å². The summed E-state index contributed by atoms with van der Waals surface area (Å²) < 4.78 is 12.4. The highest BCUT2D eigenvalue weighted by Gasteiger charge is 2.79. The molecule has 0 aromatic rings. The van der Waals surface area contributed by atoms with Crippen LogP contribution in [-0.2, 0) is 23.9 Å². The number of hydrogen-bond donors (Lipinski definition) is 1. The van der Waals surface area contributed by atoms with E-state index in [1.807, 2.05) is 18.7 Å². The number of ether oxygens (including phenoxy) is 2. The second kappa shape index (κ2) is 12.6. The van der Waals surface area contributed by atoms with Gasteiger partial charge in [-0.25, -0.2) is 0 Å². The zero-order valence-corrected chi connectivity index (χ0v) is 23.0. The molecule has 3 aliphatic rings. The van der Waals surface area contributed by atoms with Crippen molar-refractivity contribution in [1.82, 2.24) is 9.80 Å². The summed E-state index contributed by atoms with van der Waals surface area (Å²) in [7, 11) is 0. The summed E-state index contributed by atoms with van der Waals surface area (Å²) in [5, 5.41) is 9.22. The molecule has 3 unspecified atom stereocenters. The lowest BCUT2D eigenvalue weighted by Gasteiger charge is -2.39. The van der Waals surface area contributed by atoms with E-state index in [-0.39, 0.29) is 31.1 Å². The van der Waals surface area contributed by atoms with E-state index in [0.717, 1.165) is 19.3 Å². The van der Waals surface area contributed by atoms with Gasteiger partial charge < -0.3 is 24.4 Å². The summed E-state index contributed by atoms with van der Waals surface area (Å²) in [6, 6.07) is -0.812. The fourth-order valence-corrected chi connectivity index (χ4v) is 6.86. The molecule has 0 aromatic carbocycles. The van der Waals surface area contributed by atoms with E-state index in [9.17, 15) is 19.5 Å². The van der Waals surface area contributed by atoms with Crippen LogP contribution in [0.25, 0.3) is 0 Å². The summed E-state index contributed by atoms with van der Waals surface area (Å²) >= 11 is 0. The van der Waals surface area contributed by atoms with Gasteiger partial charge >= 0.3 is 5.97 Å². The first-order valence-corrected chi connectivity index (χ1v) is 14.1. The van der Waals surface area contributed by atoms with Gasteiger partial charge in [0.05, 0.1) is 18.1 Å². The molecule has 0 aromatic heterocycles. The molecule has 8 nitrogen and oxygen atoms in total. The van der Waals surface area contributed by atoms with Gasteiger partial charge in [0.25, 0.3) is 0 Å². The molecule has 1 spiro atoms. The summed E-state index contributed by atoms with van der Waals surface area (Å²) in [5.74, 6) is -2.21. The topological polar surface area (TPSA) is 96.4 Å². The summed E-state index contributed by atoms with van der Waals surface area (Å²) in [6.45, 7) is 14.7. The van der Waals surface area contributed by atoms with Crippen molar-refractivity contribution in [2.75, 3.05) is 26.3 Å². The Bertz CT molecular complexity index is 861. The van der Waals surface area contributed by atoms with Crippen LogP contribution in [-0.4, -0.2) is 82.3 Å². The fourth-order valence-electron chi connectivity index (χ4n) is 6.86. The Morgan fingerprint density at radius 1 is 1.24 bits per heavy atom. The number of rotatable bonds is 16. The van der Waals surface area contributed by atoms with Gasteiger partial charge in [-0.05, 0) is 58.3 Å². The summed E-state index contributed by atoms with van der Waals surface area (Å²) in [6.07, 6.45) is 9.50. The van der Waals surface area contributed by atoms with Crippen LogP contribution >= 0.6 is 0 Å². The van der Waals surface area contributed by atoms with Gasteiger partial charge in [0.2, 0.25) is 11.8 Å². The molecule has 1 N–H and O–H groups in total. The van der Waals surface area contributed by atoms with Crippen molar-refractivity contribution in [1.29, 1.82) is 0 Å². The zero-order chi connectivity index (χ0) is 27.2. The van der Waals surface area contributed by atoms with Crippen molar-refractivity contribution in [2.45, 2.75) is 102 Å². The molecule has 3 saturated heterocycles. The third kappa shape index (κ3) is 5.24. The van der Waals surface area contributed by atoms with Crippen LogP contribution in [0.3, 0.4) is 0 Å². The highest BCUT2D eigenvalue weighted by Crippen LogP contribution is 2.64. The molecule has 0 radical (unpaired) electrons. The molecule has 37 heavy (non-hydrogen) atoms. The molecule has 8 heteroatoms.